The topological polar surface area (TPSA) is 9.23 Å². The van der Waals surface area contributed by atoms with Gasteiger partial charge in [0, 0.05) is 15.8 Å². The summed E-state index contributed by atoms with van der Waals surface area (Å²) in [4.78, 5) is 0.456. The number of halogens is 1. The second kappa shape index (κ2) is 5.05. The molecule has 1 heterocycles. The normalized spacial score (nSPS) is 24.8. The highest BCUT2D eigenvalue weighted by atomic mass is 79.9. The minimum atomic E-state index is 0.144. The number of ether oxygens (including phenoxy) is 1. The summed E-state index contributed by atoms with van der Waals surface area (Å²) in [5.74, 6) is 1.08. The quantitative estimate of drug-likeness (QED) is 0.623. The van der Waals surface area contributed by atoms with Gasteiger partial charge in [-0.1, -0.05) is 68.1 Å². The molecule has 0 spiro atoms. The molecule has 1 saturated carbocycles. The Morgan fingerprint density at radius 3 is 2.50 bits per heavy atom. The number of hydrogen-bond acceptors (Lipinski definition) is 1. The van der Waals surface area contributed by atoms with Crippen LogP contribution in [0, 0.1) is 5.41 Å². The summed E-state index contributed by atoms with van der Waals surface area (Å²) in [6.45, 7) is 7.79. The van der Waals surface area contributed by atoms with Crippen LogP contribution in [0.25, 0.3) is 0 Å². The van der Waals surface area contributed by atoms with Gasteiger partial charge < -0.3 is 4.74 Å². The Kier molecular flexibility index (Phi) is 3.64. The molecule has 1 aromatic carbocycles. The number of benzene rings is 1. The van der Waals surface area contributed by atoms with Crippen molar-refractivity contribution in [3.8, 4) is 5.75 Å². The van der Waals surface area contributed by atoms with Crippen molar-refractivity contribution in [3.63, 3.8) is 0 Å². The first-order valence-electron chi connectivity index (χ1n) is 7.84. The third-order valence-corrected chi connectivity index (χ3v) is 6.86. The van der Waals surface area contributed by atoms with Gasteiger partial charge >= 0.3 is 0 Å². The van der Waals surface area contributed by atoms with E-state index in [0.29, 0.717) is 10.2 Å². The molecule has 1 fully saturated rings. The Labute approximate surface area is 131 Å². The van der Waals surface area contributed by atoms with Gasteiger partial charge in [0.1, 0.15) is 5.75 Å². The van der Waals surface area contributed by atoms with Gasteiger partial charge in [-0.05, 0) is 29.9 Å². The van der Waals surface area contributed by atoms with E-state index in [1.165, 1.54) is 43.2 Å². The molecule has 1 aliphatic carbocycles. The zero-order chi connectivity index (χ0) is 14.4. The summed E-state index contributed by atoms with van der Waals surface area (Å²) in [7, 11) is 0. The molecule has 0 saturated heterocycles. The third-order valence-electron chi connectivity index (χ3n) is 5.22. The van der Waals surface area contributed by atoms with Crippen LogP contribution in [0.2, 0.25) is 0 Å². The molecule has 0 aromatic heterocycles. The smallest absolute Gasteiger partial charge is 0.123 e. The zero-order valence-electron chi connectivity index (χ0n) is 12.8. The average Bonchev–Trinajstić information content (AvgIpc) is 2.74. The van der Waals surface area contributed by atoms with E-state index in [0.717, 1.165) is 12.4 Å². The van der Waals surface area contributed by atoms with Gasteiger partial charge in [-0.15, -0.1) is 0 Å². The Hall–Kier alpha value is -0.500. The molecule has 1 aliphatic heterocycles. The van der Waals surface area contributed by atoms with E-state index < -0.39 is 0 Å². The van der Waals surface area contributed by atoms with Crippen molar-refractivity contribution in [1.82, 2.24) is 0 Å². The monoisotopic (exact) mass is 336 g/mol. The molecule has 2 heteroatoms. The van der Waals surface area contributed by atoms with Crippen LogP contribution in [0.4, 0.5) is 0 Å². The van der Waals surface area contributed by atoms with Crippen molar-refractivity contribution in [2.75, 3.05) is 6.61 Å². The Bertz CT molecular complexity index is 500. The highest BCUT2D eigenvalue weighted by Crippen LogP contribution is 2.51. The first-order chi connectivity index (χ1) is 9.42. The minimum absolute atomic E-state index is 0.144. The summed E-state index contributed by atoms with van der Waals surface area (Å²) in [5, 5.41) is 0. The predicted molar refractivity (Wildman–Crippen MR) is 87.8 cm³/mol. The molecule has 1 nitrogen and oxygen atoms in total. The van der Waals surface area contributed by atoms with Crippen molar-refractivity contribution in [2.45, 2.75) is 63.1 Å². The number of fused-ring (bicyclic) bond motifs is 1. The summed E-state index contributed by atoms with van der Waals surface area (Å²) in [6, 6.07) is 6.79. The molecule has 110 valence electrons. The lowest BCUT2D eigenvalue weighted by Crippen LogP contribution is -2.25. The lowest BCUT2D eigenvalue weighted by Gasteiger charge is -2.38. The van der Waals surface area contributed by atoms with E-state index in [-0.39, 0.29) is 5.41 Å². The molecule has 0 radical (unpaired) electrons. The fourth-order valence-electron chi connectivity index (χ4n) is 3.71. The second-order valence-electron chi connectivity index (χ2n) is 7.51. The van der Waals surface area contributed by atoms with E-state index >= 15 is 0 Å². The van der Waals surface area contributed by atoms with Crippen molar-refractivity contribution in [2.24, 2.45) is 5.41 Å². The first kappa shape index (κ1) is 14.4. The molecule has 1 unspecified atom stereocenters. The van der Waals surface area contributed by atoms with Gasteiger partial charge in [-0.25, -0.2) is 0 Å². The lowest BCUT2D eigenvalue weighted by atomic mass is 9.71. The Balaban J connectivity index is 1.91. The Morgan fingerprint density at radius 2 is 1.80 bits per heavy atom. The van der Waals surface area contributed by atoms with Gasteiger partial charge in [0.05, 0.1) is 6.61 Å². The van der Waals surface area contributed by atoms with Gasteiger partial charge in [-0.3, -0.25) is 0 Å². The van der Waals surface area contributed by atoms with Gasteiger partial charge in [-0.2, -0.15) is 0 Å². The van der Waals surface area contributed by atoms with Crippen molar-refractivity contribution >= 4 is 15.9 Å². The summed E-state index contributed by atoms with van der Waals surface area (Å²) in [6.07, 6.45) is 6.82. The molecule has 1 atom stereocenters. The number of rotatable bonds is 2. The van der Waals surface area contributed by atoms with Gasteiger partial charge in [0.2, 0.25) is 0 Å². The molecule has 3 rings (SSSR count). The highest BCUT2D eigenvalue weighted by molar-refractivity contribution is 9.09. The van der Waals surface area contributed by atoms with Crippen LogP contribution in [-0.4, -0.2) is 6.61 Å². The van der Waals surface area contributed by atoms with E-state index in [1.54, 1.807) is 0 Å². The van der Waals surface area contributed by atoms with Crippen LogP contribution in [0.5, 0.6) is 5.75 Å². The molecule has 20 heavy (non-hydrogen) atoms. The van der Waals surface area contributed by atoms with Crippen LogP contribution in [0.3, 0.4) is 0 Å². The van der Waals surface area contributed by atoms with E-state index in [1.807, 2.05) is 0 Å². The molecule has 0 bridgehead atoms. The maximum absolute atomic E-state index is 5.80. The lowest BCUT2D eigenvalue weighted by molar-refractivity contribution is 0.213. The Morgan fingerprint density at radius 1 is 1.10 bits per heavy atom. The predicted octanol–water partition coefficient (Wildman–Crippen LogP) is 5.76. The molecule has 1 aromatic rings. The average molecular weight is 337 g/mol. The summed E-state index contributed by atoms with van der Waals surface area (Å²) >= 11 is 4.01. The van der Waals surface area contributed by atoms with Crippen molar-refractivity contribution < 1.29 is 4.74 Å². The van der Waals surface area contributed by atoms with Crippen LogP contribution >= 0.6 is 15.9 Å². The maximum Gasteiger partial charge on any atom is 0.123 e. The zero-order valence-corrected chi connectivity index (χ0v) is 14.4. The molecule has 0 amide bonds. The van der Waals surface area contributed by atoms with E-state index in [9.17, 15) is 0 Å². The summed E-state index contributed by atoms with van der Waals surface area (Å²) in [5.41, 5.74) is 3.34. The minimum Gasteiger partial charge on any atom is -0.492 e. The maximum atomic E-state index is 5.80. The fraction of sp³-hybridized carbons (Fsp3) is 0.667. The van der Waals surface area contributed by atoms with E-state index in [4.69, 9.17) is 4.74 Å². The first-order valence-corrected chi connectivity index (χ1v) is 8.75. The summed E-state index contributed by atoms with van der Waals surface area (Å²) < 4.78 is 5.80. The second-order valence-corrected chi connectivity index (χ2v) is 8.42. The fourth-order valence-corrected chi connectivity index (χ4v) is 4.45. The van der Waals surface area contributed by atoms with Crippen LogP contribution < -0.4 is 4.74 Å². The molecular weight excluding hydrogens is 312 g/mol. The van der Waals surface area contributed by atoms with Crippen molar-refractivity contribution in [1.29, 1.82) is 0 Å². The molecule has 0 N–H and O–H groups in total. The third kappa shape index (κ3) is 2.41. The van der Waals surface area contributed by atoms with Crippen molar-refractivity contribution in [3.05, 3.63) is 29.3 Å². The van der Waals surface area contributed by atoms with Gasteiger partial charge in [0.15, 0.2) is 0 Å². The van der Waals surface area contributed by atoms with Crippen LogP contribution in [0.15, 0.2) is 18.2 Å². The SMILES string of the molecule is CC1(C)COc2ccc(C(Br)C3(C)CCCCC3)cc21. The number of alkyl halides is 1. The van der Waals surface area contributed by atoms with Crippen LogP contribution in [0.1, 0.15) is 68.8 Å². The molecule has 2 aliphatic rings. The molecular formula is C18H25BrO. The highest BCUT2D eigenvalue weighted by Gasteiger charge is 2.37. The van der Waals surface area contributed by atoms with Gasteiger partial charge in [0.25, 0.3) is 0 Å². The van der Waals surface area contributed by atoms with Crippen LogP contribution in [-0.2, 0) is 5.41 Å². The van der Waals surface area contributed by atoms with E-state index in [2.05, 4.69) is 54.9 Å². The standard InChI is InChI=1S/C18H25BrO/c1-17(2)12-20-15-8-7-13(11-14(15)17)16(19)18(3)9-5-4-6-10-18/h7-8,11,16H,4-6,9-10,12H2,1-3H3. The number of hydrogen-bond donors (Lipinski definition) is 0. The largest absolute Gasteiger partial charge is 0.492 e.